The van der Waals surface area contributed by atoms with Crippen molar-refractivity contribution in [1.29, 1.82) is 0 Å². The van der Waals surface area contributed by atoms with Crippen LogP contribution in [0.5, 0.6) is 0 Å². The SMILES string of the molecule is CCN(CC)c1ccc2c(c1)C1=CC(=[N+](CC)CC)C=CC1=C2Cl. The Bertz CT molecular complexity index is 771. The highest BCUT2D eigenvalue weighted by atomic mass is 35.5. The number of benzene rings is 1. The van der Waals surface area contributed by atoms with Crippen molar-refractivity contribution < 1.29 is 4.58 Å². The van der Waals surface area contributed by atoms with Crippen LogP contribution in [0.3, 0.4) is 0 Å². The molecule has 1 aromatic carbocycles. The molecule has 0 atom stereocenters. The van der Waals surface area contributed by atoms with Gasteiger partial charge in [0.2, 0.25) is 5.71 Å². The molecule has 0 unspecified atom stereocenters. The van der Waals surface area contributed by atoms with Crippen LogP contribution in [0, 0.1) is 0 Å². The van der Waals surface area contributed by atoms with E-state index in [1.807, 2.05) is 0 Å². The maximum Gasteiger partial charge on any atom is 0.200 e. The molecule has 0 N–H and O–H groups in total. The molecule has 0 heterocycles. The van der Waals surface area contributed by atoms with Crippen molar-refractivity contribution in [3.05, 3.63) is 53.1 Å². The van der Waals surface area contributed by atoms with Crippen molar-refractivity contribution in [2.24, 2.45) is 0 Å². The third kappa shape index (κ3) is 2.73. The molecule has 0 spiro atoms. The highest BCUT2D eigenvalue weighted by Gasteiger charge is 2.28. The number of halogens is 1. The Kier molecular flexibility index (Phi) is 4.96. The molecule has 3 rings (SSSR count). The number of fused-ring (bicyclic) bond motifs is 3. The van der Waals surface area contributed by atoms with Crippen molar-refractivity contribution in [3.8, 4) is 0 Å². The van der Waals surface area contributed by atoms with Gasteiger partial charge in [0.25, 0.3) is 0 Å². The molecule has 3 heteroatoms. The van der Waals surface area contributed by atoms with Crippen LogP contribution in [0.2, 0.25) is 0 Å². The summed E-state index contributed by atoms with van der Waals surface area (Å²) in [4.78, 5) is 2.38. The van der Waals surface area contributed by atoms with Crippen LogP contribution >= 0.6 is 11.6 Å². The second-order valence-electron chi connectivity index (χ2n) is 6.12. The number of anilines is 1. The normalized spacial score (nSPS) is 15.4. The molecule has 24 heavy (non-hydrogen) atoms. The van der Waals surface area contributed by atoms with Gasteiger partial charge in [0, 0.05) is 42.1 Å². The quantitative estimate of drug-likeness (QED) is 0.687. The molecule has 0 aromatic heterocycles. The second kappa shape index (κ2) is 6.98. The van der Waals surface area contributed by atoms with Crippen LogP contribution in [0.25, 0.3) is 10.6 Å². The average molecular weight is 342 g/mol. The molecule has 2 aliphatic carbocycles. The van der Waals surface area contributed by atoms with Crippen LogP contribution in [-0.4, -0.2) is 36.5 Å². The number of allylic oxidation sites excluding steroid dienone is 5. The molecule has 0 saturated carbocycles. The Morgan fingerprint density at radius 3 is 2.29 bits per heavy atom. The van der Waals surface area contributed by atoms with E-state index in [2.05, 4.69) is 73.6 Å². The third-order valence-electron chi connectivity index (χ3n) is 5.03. The van der Waals surface area contributed by atoms with Crippen LogP contribution in [0.4, 0.5) is 5.69 Å². The van der Waals surface area contributed by atoms with Crippen molar-refractivity contribution in [1.82, 2.24) is 0 Å². The van der Waals surface area contributed by atoms with Crippen LogP contribution in [0.1, 0.15) is 38.8 Å². The summed E-state index contributed by atoms with van der Waals surface area (Å²) >= 11 is 6.66. The van der Waals surface area contributed by atoms with Gasteiger partial charge in [-0.15, -0.1) is 0 Å². The summed E-state index contributed by atoms with van der Waals surface area (Å²) in [5.74, 6) is 0. The van der Waals surface area contributed by atoms with Crippen molar-refractivity contribution in [2.75, 3.05) is 31.1 Å². The number of hydrogen-bond donors (Lipinski definition) is 0. The van der Waals surface area contributed by atoms with E-state index >= 15 is 0 Å². The lowest BCUT2D eigenvalue weighted by Crippen LogP contribution is -2.22. The largest absolute Gasteiger partial charge is 0.372 e. The fraction of sp³-hybridized carbons (Fsp3) is 0.381. The van der Waals surface area contributed by atoms with E-state index in [1.165, 1.54) is 22.5 Å². The zero-order chi connectivity index (χ0) is 17.3. The van der Waals surface area contributed by atoms with E-state index in [-0.39, 0.29) is 0 Å². The molecular weight excluding hydrogens is 316 g/mol. The smallest absolute Gasteiger partial charge is 0.200 e. The van der Waals surface area contributed by atoms with Crippen molar-refractivity contribution >= 4 is 33.6 Å². The van der Waals surface area contributed by atoms with Gasteiger partial charge >= 0.3 is 0 Å². The fourth-order valence-corrected chi connectivity index (χ4v) is 3.94. The lowest BCUT2D eigenvalue weighted by Gasteiger charge is -2.22. The molecule has 0 bridgehead atoms. The second-order valence-corrected chi connectivity index (χ2v) is 6.50. The average Bonchev–Trinajstić information content (AvgIpc) is 2.89. The van der Waals surface area contributed by atoms with Crippen LogP contribution in [-0.2, 0) is 0 Å². The van der Waals surface area contributed by atoms with E-state index in [0.717, 1.165) is 42.3 Å². The molecule has 0 amide bonds. The Morgan fingerprint density at radius 1 is 0.958 bits per heavy atom. The van der Waals surface area contributed by atoms with Gasteiger partial charge in [-0.25, -0.2) is 4.58 Å². The summed E-state index contributed by atoms with van der Waals surface area (Å²) in [7, 11) is 0. The summed E-state index contributed by atoms with van der Waals surface area (Å²) < 4.78 is 2.38. The Hall–Kier alpha value is -1.80. The maximum atomic E-state index is 6.66. The lowest BCUT2D eigenvalue weighted by molar-refractivity contribution is -0.519. The standard InChI is InChI=1S/C21H26ClN2/c1-5-23(6-2)15-9-11-17-19(13-15)20-14-16(24(7-3)8-4)10-12-18(20)21(17)22/h9-14H,5-8H2,1-4H3/q+1. The number of hydrogen-bond acceptors (Lipinski definition) is 1. The first-order chi connectivity index (χ1) is 11.6. The van der Waals surface area contributed by atoms with E-state index < -0.39 is 0 Å². The summed E-state index contributed by atoms with van der Waals surface area (Å²) in [6, 6.07) is 6.65. The number of rotatable bonds is 5. The first kappa shape index (κ1) is 17.0. The Balaban J connectivity index is 2.12. The first-order valence-electron chi connectivity index (χ1n) is 8.96. The number of nitrogens with zero attached hydrogens (tertiary/aromatic N) is 2. The fourth-order valence-electron chi connectivity index (χ4n) is 3.61. The monoisotopic (exact) mass is 341 g/mol. The third-order valence-corrected chi connectivity index (χ3v) is 5.43. The van der Waals surface area contributed by atoms with Gasteiger partial charge in [0.1, 0.15) is 13.1 Å². The van der Waals surface area contributed by atoms with E-state index in [9.17, 15) is 0 Å². The molecule has 1 aromatic rings. The zero-order valence-corrected chi connectivity index (χ0v) is 15.8. The Labute approximate surface area is 150 Å². The molecule has 0 aliphatic heterocycles. The Morgan fingerprint density at radius 2 is 1.67 bits per heavy atom. The van der Waals surface area contributed by atoms with E-state index in [0.29, 0.717) is 0 Å². The van der Waals surface area contributed by atoms with Gasteiger partial charge in [-0.3, -0.25) is 0 Å². The summed E-state index contributed by atoms with van der Waals surface area (Å²) in [5.41, 5.74) is 7.36. The van der Waals surface area contributed by atoms with Crippen LogP contribution in [0.15, 0.2) is 42.0 Å². The minimum atomic E-state index is 0.872. The minimum Gasteiger partial charge on any atom is -0.372 e. The first-order valence-corrected chi connectivity index (χ1v) is 9.33. The topological polar surface area (TPSA) is 6.25 Å². The summed E-state index contributed by atoms with van der Waals surface area (Å²) in [6.07, 6.45) is 6.65. The molecule has 0 fully saturated rings. The minimum absolute atomic E-state index is 0.872. The predicted molar refractivity (Wildman–Crippen MR) is 106 cm³/mol. The highest BCUT2D eigenvalue weighted by molar-refractivity contribution is 6.52. The molecular formula is C21H26ClN2+. The van der Waals surface area contributed by atoms with Gasteiger partial charge in [-0.05, 0) is 57.0 Å². The van der Waals surface area contributed by atoms with E-state index in [4.69, 9.17) is 11.6 Å². The van der Waals surface area contributed by atoms with Gasteiger partial charge in [-0.2, -0.15) is 0 Å². The maximum absolute atomic E-state index is 6.66. The van der Waals surface area contributed by atoms with Crippen molar-refractivity contribution in [2.45, 2.75) is 27.7 Å². The van der Waals surface area contributed by atoms with Gasteiger partial charge in [0.05, 0.1) is 5.03 Å². The van der Waals surface area contributed by atoms with Crippen LogP contribution < -0.4 is 4.90 Å². The van der Waals surface area contributed by atoms with Gasteiger partial charge in [-0.1, -0.05) is 17.7 Å². The zero-order valence-electron chi connectivity index (χ0n) is 15.1. The molecule has 2 nitrogen and oxygen atoms in total. The molecule has 126 valence electrons. The molecule has 0 saturated heterocycles. The highest BCUT2D eigenvalue weighted by Crippen LogP contribution is 2.46. The lowest BCUT2D eigenvalue weighted by atomic mass is 9.96. The van der Waals surface area contributed by atoms with Gasteiger partial charge in [0.15, 0.2) is 0 Å². The molecule has 0 radical (unpaired) electrons. The van der Waals surface area contributed by atoms with Crippen molar-refractivity contribution in [3.63, 3.8) is 0 Å². The predicted octanol–water partition coefficient (Wildman–Crippen LogP) is 4.94. The summed E-state index contributed by atoms with van der Waals surface area (Å²) in [6.45, 7) is 12.8. The molecule has 2 aliphatic rings. The van der Waals surface area contributed by atoms with Gasteiger partial charge < -0.3 is 4.90 Å². The van der Waals surface area contributed by atoms with E-state index in [1.54, 1.807) is 0 Å². The summed E-state index contributed by atoms with van der Waals surface area (Å²) in [5, 5.41) is 0.872.